The molecule has 112 valence electrons. The molecule has 4 nitrogen and oxygen atoms in total. The number of aliphatic hydroxyl groups is 1. The van der Waals surface area contributed by atoms with Crippen LogP contribution in [0.5, 0.6) is 0 Å². The molecule has 0 aliphatic heterocycles. The number of nitrogens with zero attached hydrogens (tertiary/aromatic N) is 1. The number of aliphatic hydroxyl groups excluding tert-OH is 1. The van der Waals surface area contributed by atoms with E-state index in [1.54, 1.807) is 25.8 Å². The second kappa shape index (κ2) is 7.57. The first kappa shape index (κ1) is 16.9. The van der Waals surface area contributed by atoms with Crippen LogP contribution in [0.4, 0.5) is 10.1 Å². The van der Waals surface area contributed by atoms with E-state index in [2.05, 4.69) is 5.32 Å². The number of amides is 1. The lowest BCUT2D eigenvalue weighted by molar-refractivity contribution is -0.120. The topological polar surface area (TPSA) is 52.6 Å². The molecule has 0 aliphatic carbocycles. The number of benzene rings is 1. The number of rotatable bonds is 6. The highest BCUT2D eigenvalue weighted by atomic mass is 35.5. The molecule has 0 fully saturated rings. The van der Waals surface area contributed by atoms with Gasteiger partial charge in [0.05, 0.1) is 17.8 Å². The number of nitrogens with one attached hydrogen (secondary N) is 1. The summed E-state index contributed by atoms with van der Waals surface area (Å²) >= 11 is 5.77. The first-order valence-corrected chi connectivity index (χ1v) is 6.83. The van der Waals surface area contributed by atoms with Gasteiger partial charge in [-0.2, -0.15) is 0 Å². The van der Waals surface area contributed by atoms with Crippen LogP contribution >= 0.6 is 11.6 Å². The number of halogens is 2. The van der Waals surface area contributed by atoms with Crippen molar-refractivity contribution in [3.8, 4) is 0 Å². The Labute approximate surface area is 123 Å². The number of hydrogen-bond donors (Lipinski definition) is 2. The van der Waals surface area contributed by atoms with Crippen molar-refractivity contribution in [3.05, 3.63) is 29.0 Å². The van der Waals surface area contributed by atoms with Crippen LogP contribution in [0.25, 0.3) is 0 Å². The molecule has 2 N–H and O–H groups in total. The van der Waals surface area contributed by atoms with Gasteiger partial charge in [-0.1, -0.05) is 11.6 Å². The van der Waals surface area contributed by atoms with Crippen LogP contribution in [-0.2, 0) is 4.79 Å². The van der Waals surface area contributed by atoms with Gasteiger partial charge in [-0.05, 0) is 45.5 Å². The van der Waals surface area contributed by atoms with Crippen LogP contribution in [0, 0.1) is 5.82 Å². The van der Waals surface area contributed by atoms with Crippen molar-refractivity contribution in [1.29, 1.82) is 0 Å². The van der Waals surface area contributed by atoms with Crippen LogP contribution in [0.2, 0.25) is 5.02 Å². The number of likely N-dealkylation sites (N-methyl/N-ethyl adjacent to an activating group) is 1. The third-order valence-corrected chi connectivity index (χ3v) is 3.36. The average Bonchev–Trinajstić information content (AvgIpc) is 2.39. The predicted octanol–water partition coefficient (Wildman–Crippen LogP) is 2.51. The molecule has 0 saturated carbocycles. The minimum Gasteiger partial charge on any atom is -0.393 e. The summed E-state index contributed by atoms with van der Waals surface area (Å²) in [5, 5.41) is 12.1. The summed E-state index contributed by atoms with van der Waals surface area (Å²) in [6, 6.07) is 3.56. The molecule has 0 heterocycles. The predicted molar refractivity (Wildman–Crippen MR) is 78.4 cm³/mol. The molecular formula is C14H20ClFN2O2. The van der Waals surface area contributed by atoms with Gasteiger partial charge in [-0.25, -0.2) is 4.39 Å². The molecule has 6 heteroatoms. The highest BCUT2D eigenvalue weighted by Crippen LogP contribution is 2.20. The summed E-state index contributed by atoms with van der Waals surface area (Å²) in [4.78, 5) is 13.8. The van der Waals surface area contributed by atoms with Gasteiger partial charge in [-0.3, -0.25) is 9.69 Å². The second-order valence-corrected chi connectivity index (χ2v) is 5.34. The molecule has 20 heavy (non-hydrogen) atoms. The summed E-state index contributed by atoms with van der Waals surface area (Å²) in [7, 11) is 1.78. The maximum atomic E-state index is 13.5. The van der Waals surface area contributed by atoms with E-state index in [4.69, 9.17) is 11.6 Å². The molecule has 0 saturated heterocycles. The number of hydrogen-bond acceptors (Lipinski definition) is 3. The Kier molecular flexibility index (Phi) is 6.39. The molecule has 0 radical (unpaired) electrons. The molecule has 1 rings (SSSR count). The van der Waals surface area contributed by atoms with Gasteiger partial charge in [-0.15, -0.1) is 0 Å². The van der Waals surface area contributed by atoms with Crippen molar-refractivity contribution in [2.45, 2.75) is 32.4 Å². The third kappa shape index (κ3) is 5.07. The van der Waals surface area contributed by atoms with Crippen LogP contribution in [0.15, 0.2) is 18.2 Å². The van der Waals surface area contributed by atoms with Crippen molar-refractivity contribution in [2.24, 2.45) is 0 Å². The van der Waals surface area contributed by atoms with Crippen molar-refractivity contribution in [3.63, 3.8) is 0 Å². The summed E-state index contributed by atoms with van der Waals surface area (Å²) in [6.45, 7) is 3.99. The molecule has 0 aliphatic rings. The quantitative estimate of drug-likeness (QED) is 0.849. The Morgan fingerprint density at radius 1 is 1.50 bits per heavy atom. The van der Waals surface area contributed by atoms with Crippen LogP contribution in [0.3, 0.4) is 0 Å². The third-order valence-electron chi connectivity index (χ3n) is 3.13. The first-order chi connectivity index (χ1) is 9.31. The zero-order chi connectivity index (χ0) is 15.3. The molecule has 2 unspecified atom stereocenters. The van der Waals surface area contributed by atoms with Crippen LogP contribution < -0.4 is 5.32 Å². The molecule has 1 amide bonds. The van der Waals surface area contributed by atoms with Crippen molar-refractivity contribution < 1.29 is 14.3 Å². The van der Waals surface area contributed by atoms with E-state index in [9.17, 15) is 14.3 Å². The molecule has 0 aromatic heterocycles. The highest BCUT2D eigenvalue weighted by Gasteiger charge is 2.19. The number of carbonyl (C=O) groups excluding carboxylic acids is 1. The van der Waals surface area contributed by atoms with E-state index in [0.717, 1.165) is 0 Å². The van der Waals surface area contributed by atoms with E-state index < -0.39 is 18.0 Å². The Balaban J connectivity index is 2.63. The van der Waals surface area contributed by atoms with Gasteiger partial charge in [0, 0.05) is 11.6 Å². The fourth-order valence-corrected chi connectivity index (χ4v) is 1.79. The zero-order valence-electron chi connectivity index (χ0n) is 11.9. The molecule has 2 atom stereocenters. The lowest BCUT2D eigenvalue weighted by Gasteiger charge is -2.24. The molecule has 0 bridgehead atoms. The summed E-state index contributed by atoms with van der Waals surface area (Å²) in [5.41, 5.74) is 0.0678. The summed E-state index contributed by atoms with van der Waals surface area (Å²) in [5.74, 6) is -0.846. The van der Waals surface area contributed by atoms with Crippen molar-refractivity contribution >= 4 is 23.2 Å². The van der Waals surface area contributed by atoms with Gasteiger partial charge in [0.2, 0.25) is 5.91 Å². The summed E-state index contributed by atoms with van der Waals surface area (Å²) in [6.07, 6.45) is 0.151. The Morgan fingerprint density at radius 2 is 2.15 bits per heavy atom. The van der Waals surface area contributed by atoms with Gasteiger partial charge in [0.1, 0.15) is 5.82 Å². The SMILES string of the molecule is CC(O)CCN(C)C(C)C(=O)Nc1cc(Cl)ccc1F. The average molecular weight is 303 g/mol. The van der Waals surface area contributed by atoms with E-state index in [0.29, 0.717) is 18.0 Å². The largest absolute Gasteiger partial charge is 0.393 e. The molecular weight excluding hydrogens is 283 g/mol. The van der Waals surface area contributed by atoms with Gasteiger partial charge >= 0.3 is 0 Å². The maximum absolute atomic E-state index is 13.5. The maximum Gasteiger partial charge on any atom is 0.241 e. The van der Waals surface area contributed by atoms with E-state index in [1.807, 2.05) is 0 Å². The lowest BCUT2D eigenvalue weighted by atomic mass is 10.2. The highest BCUT2D eigenvalue weighted by molar-refractivity contribution is 6.30. The molecule has 1 aromatic rings. The molecule has 1 aromatic carbocycles. The first-order valence-electron chi connectivity index (χ1n) is 6.45. The van der Waals surface area contributed by atoms with Gasteiger partial charge < -0.3 is 10.4 Å². The minimum atomic E-state index is -0.526. The van der Waals surface area contributed by atoms with Gasteiger partial charge in [0.15, 0.2) is 0 Å². The Bertz CT molecular complexity index is 468. The summed E-state index contributed by atoms with van der Waals surface area (Å²) < 4.78 is 13.5. The smallest absolute Gasteiger partial charge is 0.241 e. The second-order valence-electron chi connectivity index (χ2n) is 4.91. The monoisotopic (exact) mass is 302 g/mol. The fourth-order valence-electron chi connectivity index (χ4n) is 1.61. The lowest BCUT2D eigenvalue weighted by Crippen LogP contribution is -2.40. The van der Waals surface area contributed by atoms with Crippen LogP contribution in [0.1, 0.15) is 20.3 Å². The van der Waals surface area contributed by atoms with Crippen LogP contribution in [-0.4, -0.2) is 41.7 Å². The minimum absolute atomic E-state index is 0.0678. The van der Waals surface area contributed by atoms with Gasteiger partial charge in [0.25, 0.3) is 0 Å². The van der Waals surface area contributed by atoms with E-state index in [-0.39, 0.29) is 11.6 Å². The van der Waals surface area contributed by atoms with Crippen molar-refractivity contribution in [2.75, 3.05) is 18.9 Å². The van der Waals surface area contributed by atoms with E-state index in [1.165, 1.54) is 18.2 Å². The standard InChI is InChI=1S/C14H20ClFN2O2/c1-9(19)6-7-18(3)10(2)14(20)17-13-8-11(15)4-5-12(13)16/h4-5,8-10,19H,6-7H2,1-3H3,(H,17,20). The molecule has 0 spiro atoms. The Hall–Kier alpha value is -1.17. The van der Waals surface area contributed by atoms with Crippen molar-refractivity contribution in [1.82, 2.24) is 4.90 Å². The zero-order valence-corrected chi connectivity index (χ0v) is 12.6. The number of carbonyl (C=O) groups is 1. The fraction of sp³-hybridized carbons (Fsp3) is 0.500. The Morgan fingerprint density at radius 3 is 2.75 bits per heavy atom. The van der Waals surface area contributed by atoms with E-state index >= 15 is 0 Å². The normalized spacial score (nSPS) is 14.2. The number of anilines is 1.